The Morgan fingerprint density at radius 2 is 2.08 bits per heavy atom. The van der Waals surface area contributed by atoms with Crippen LogP contribution in [0.15, 0.2) is 23.5 Å². The molecule has 1 fully saturated rings. The lowest BCUT2D eigenvalue weighted by atomic mass is 10.1. The van der Waals surface area contributed by atoms with Crippen LogP contribution in [0.4, 0.5) is 4.79 Å². The van der Waals surface area contributed by atoms with E-state index in [1.54, 1.807) is 4.68 Å². The number of hydrogen-bond acceptors (Lipinski definition) is 4. The molecule has 0 saturated heterocycles. The Hall–Kier alpha value is -2.70. The lowest BCUT2D eigenvalue weighted by Gasteiger charge is -2.18. The Kier molecular flexibility index (Phi) is 4.44. The van der Waals surface area contributed by atoms with Gasteiger partial charge in [0.1, 0.15) is 6.17 Å². The first kappa shape index (κ1) is 16.8. The molecule has 7 nitrogen and oxygen atoms in total. The van der Waals surface area contributed by atoms with Crippen molar-refractivity contribution in [2.45, 2.75) is 51.2 Å². The van der Waals surface area contributed by atoms with E-state index in [9.17, 15) is 4.79 Å². The SMILES string of the molecule is Cc1nc2c(cc1-c1cnn(C)c1)=NC(NC(=O)NC1CCCC1)CC=2. The summed E-state index contributed by atoms with van der Waals surface area (Å²) in [5.74, 6) is 0. The summed E-state index contributed by atoms with van der Waals surface area (Å²) in [6.45, 7) is 2.00. The first-order valence-electron chi connectivity index (χ1n) is 9.20. The second-order valence-corrected chi connectivity index (χ2v) is 7.11. The highest BCUT2D eigenvalue weighted by molar-refractivity contribution is 5.74. The van der Waals surface area contributed by atoms with Crippen molar-refractivity contribution < 1.29 is 4.79 Å². The van der Waals surface area contributed by atoms with E-state index in [2.05, 4.69) is 20.7 Å². The molecule has 26 heavy (non-hydrogen) atoms. The number of nitrogens with zero attached hydrogens (tertiary/aromatic N) is 4. The van der Waals surface area contributed by atoms with Crippen molar-refractivity contribution >= 4 is 12.1 Å². The van der Waals surface area contributed by atoms with Crippen LogP contribution in [-0.4, -0.2) is 33.0 Å². The molecule has 3 heterocycles. The molecule has 2 aliphatic rings. The topological polar surface area (TPSA) is 84.2 Å². The fourth-order valence-electron chi connectivity index (χ4n) is 3.70. The zero-order valence-electron chi connectivity index (χ0n) is 15.2. The molecule has 0 radical (unpaired) electrons. The average Bonchev–Trinajstić information content (AvgIpc) is 3.26. The van der Waals surface area contributed by atoms with Crippen LogP contribution < -0.4 is 21.3 Å². The van der Waals surface area contributed by atoms with Crippen molar-refractivity contribution in [3.05, 3.63) is 34.9 Å². The molecule has 1 aliphatic carbocycles. The van der Waals surface area contributed by atoms with Gasteiger partial charge in [-0.3, -0.25) is 14.7 Å². The number of urea groups is 1. The molecular weight excluding hydrogens is 328 g/mol. The molecule has 136 valence electrons. The maximum absolute atomic E-state index is 12.2. The third-order valence-corrected chi connectivity index (χ3v) is 5.05. The lowest BCUT2D eigenvalue weighted by Crippen LogP contribution is -2.47. The number of aromatic nitrogens is 3. The molecule has 2 aromatic heterocycles. The van der Waals surface area contributed by atoms with Gasteiger partial charge in [-0.05, 0) is 25.8 Å². The van der Waals surface area contributed by atoms with Gasteiger partial charge in [0, 0.05) is 42.5 Å². The fourth-order valence-corrected chi connectivity index (χ4v) is 3.70. The molecule has 0 spiro atoms. The summed E-state index contributed by atoms with van der Waals surface area (Å²) >= 11 is 0. The molecule has 1 saturated carbocycles. The van der Waals surface area contributed by atoms with Crippen LogP contribution in [0.1, 0.15) is 37.8 Å². The number of hydrogen-bond donors (Lipinski definition) is 2. The summed E-state index contributed by atoms with van der Waals surface area (Å²) in [4.78, 5) is 21.6. The minimum absolute atomic E-state index is 0.130. The molecule has 7 heteroatoms. The Labute approximate surface area is 152 Å². The second-order valence-electron chi connectivity index (χ2n) is 7.11. The van der Waals surface area contributed by atoms with Gasteiger partial charge in [0.15, 0.2) is 0 Å². The Morgan fingerprint density at radius 3 is 2.81 bits per heavy atom. The van der Waals surface area contributed by atoms with E-state index < -0.39 is 0 Å². The monoisotopic (exact) mass is 352 g/mol. The van der Waals surface area contributed by atoms with E-state index in [1.807, 2.05) is 38.5 Å². The van der Waals surface area contributed by atoms with Gasteiger partial charge in [-0.25, -0.2) is 4.79 Å². The van der Waals surface area contributed by atoms with E-state index in [0.717, 1.165) is 40.4 Å². The zero-order valence-corrected chi connectivity index (χ0v) is 15.2. The van der Waals surface area contributed by atoms with Gasteiger partial charge < -0.3 is 10.6 Å². The highest BCUT2D eigenvalue weighted by Crippen LogP contribution is 2.19. The Bertz CT molecular complexity index is 941. The van der Waals surface area contributed by atoms with E-state index in [-0.39, 0.29) is 12.2 Å². The van der Waals surface area contributed by atoms with E-state index in [1.165, 1.54) is 12.8 Å². The number of pyridine rings is 1. The number of carbonyl (C=O) groups excluding carboxylic acids is 1. The smallest absolute Gasteiger partial charge is 0.316 e. The number of aryl methyl sites for hydroxylation is 2. The molecular formula is C19H24N6O. The first-order chi connectivity index (χ1) is 12.6. The number of carbonyl (C=O) groups is 1. The van der Waals surface area contributed by atoms with Crippen molar-refractivity contribution in [1.82, 2.24) is 25.4 Å². The predicted octanol–water partition coefficient (Wildman–Crippen LogP) is 1.16. The summed E-state index contributed by atoms with van der Waals surface area (Å²) in [5, 5.41) is 11.9. The van der Waals surface area contributed by atoms with Crippen molar-refractivity contribution in [2.75, 3.05) is 0 Å². The van der Waals surface area contributed by atoms with Gasteiger partial charge in [-0.2, -0.15) is 5.10 Å². The van der Waals surface area contributed by atoms with Crippen LogP contribution in [0.5, 0.6) is 0 Å². The zero-order chi connectivity index (χ0) is 18.1. The van der Waals surface area contributed by atoms with Gasteiger partial charge in [-0.15, -0.1) is 0 Å². The van der Waals surface area contributed by atoms with E-state index >= 15 is 0 Å². The number of rotatable bonds is 3. The quantitative estimate of drug-likeness (QED) is 0.869. The lowest BCUT2D eigenvalue weighted by molar-refractivity contribution is 0.233. The van der Waals surface area contributed by atoms with Gasteiger partial charge in [0.25, 0.3) is 0 Å². The van der Waals surface area contributed by atoms with Crippen LogP contribution in [-0.2, 0) is 7.05 Å². The van der Waals surface area contributed by atoms with Crippen molar-refractivity contribution in [3.8, 4) is 11.1 Å². The summed E-state index contributed by atoms with van der Waals surface area (Å²) in [7, 11) is 1.89. The Morgan fingerprint density at radius 1 is 1.27 bits per heavy atom. The van der Waals surface area contributed by atoms with E-state index in [0.29, 0.717) is 12.5 Å². The first-order valence-corrected chi connectivity index (χ1v) is 9.20. The second kappa shape index (κ2) is 6.90. The third kappa shape index (κ3) is 3.47. The highest BCUT2D eigenvalue weighted by atomic mass is 16.2. The summed E-state index contributed by atoms with van der Waals surface area (Å²) in [6.07, 6.45) is 10.8. The van der Waals surface area contributed by atoms with E-state index in [4.69, 9.17) is 4.99 Å². The van der Waals surface area contributed by atoms with Crippen molar-refractivity contribution in [2.24, 2.45) is 12.0 Å². The van der Waals surface area contributed by atoms with Crippen LogP contribution in [0.25, 0.3) is 17.2 Å². The number of fused-ring (bicyclic) bond motifs is 1. The average molecular weight is 352 g/mol. The molecule has 1 atom stereocenters. The maximum atomic E-state index is 12.2. The predicted molar refractivity (Wildman–Crippen MR) is 98.8 cm³/mol. The summed E-state index contributed by atoms with van der Waals surface area (Å²) in [5.41, 5.74) is 2.99. The molecule has 2 N–H and O–H groups in total. The summed E-state index contributed by atoms with van der Waals surface area (Å²) in [6, 6.07) is 2.21. The van der Waals surface area contributed by atoms with Crippen molar-refractivity contribution in [1.29, 1.82) is 0 Å². The van der Waals surface area contributed by atoms with Crippen LogP contribution in [0.2, 0.25) is 0 Å². The van der Waals surface area contributed by atoms with Gasteiger partial charge in [0.2, 0.25) is 0 Å². The normalized spacial score (nSPS) is 19.4. The largest absolute Gasteiger partial charge is 0.335 e. The Balaban J connectivity index is 1.55. The molecule has 0 bridgehead atoms. The molecule has 2 aromatic rings. The third-order valence-electron chi connectivity index (χ3n) is 5.05. The molecule has 1 unspecified atom stereocenters. The molecule has 4 rings (SSSR count). The van der Waals surface area contributed by atoms with Crippen LogP contribution in [0.3, 0.4) is 0 Å². The fraction of sp³-hybridized carbons (Fsp3) is 0.474. The van der Waals surface area contributed by atoms with Gasteiger partial charge >= 0.3 is 6.03 Å². The van der Waals surface area contributed by atoms with Crippen LogP contribution in [0, 0.1) is 6.92 Å². The number of amides is 2. The maximum Gasteiger partial charge on any atom is 0.316 e. The van der Waals surface area contributed by atoms with Gasteiger partial charge in [0.05, 0.1) is 16.9 Å². The molecule has 2 amide bonds. The van der Waals surface area contributed by atoms with Crippen LogP contribution >= 0.6 is 0 Å². The van der Waals surface area contributed by atoms with Gasteiger partial charge in [-0.1, -0.05) is 18.9 Å². The minimum atomic E-state index is -0.254. The minimum Gasteiger partial charge on any atom is -0.335 e. The highest BCUT2D eigenvalue weighted by Gasteiger charge is 2.19. The van der Waals surface area contributed by atoms with Crippen molar-refractivity contribution in [3.63, 3.8) is 0 Å². The number of nitrogens with one attached hydrogen (secondary N) is 2. The molecule has 1 aliphatic heterocycles. The standard InChI is InChI=1S/C19H24N6O/c1-12-15(13-10-20-25(2)11-13)9-17-16(21-12)7-8-18(23-17)24-19(26)22-14-5-3-4-6-14/h7,9-11,14,18H,3-6,8H2,1-2H3,(H2,22,24,26). The molecule has 0 aromatic carbocycles. The summed E-state index contributed by atoms with van der Waals surface area (Å²) < 4.78 is 1.77.